The minimum Gasteiger partial charge on any atom is -0.493 e. The fraction of sp³-hybridized carbons (Fsp3) is 0.360. The maximum Gasteiger partial charge on any atom is 0.262 e. The molecule has 158 valence electrons. The lowest BCUT2D eigenvalue weighted by molar-refractivity contribution is -0.117. The Morgan fingerprint density at radius 3 is 2.57 bits per heavy atom. The zero-order chi connectivity index (χ0) is 21.8. The number of hydrogen-bond donors (Lipinski definition) is 1. The van der Waals surface area contributed by atoms with Gasteiger partial charge in [0.05, 0.1) is 19.8 Å². The Morgan fingerprint density at radius 1 is 1.13 bits per heavy atom. The van der Waals surface area contributed by atoms with Crippen molar-refractivity contribution < 1.29 is 14.3 Å². The number of carbonyl (C=O) groups excluding carboxylic acids is 1. The minimum atomic E-state index is -0.413. The van der Waals surface area contributed by atoms with Crippen molar-refractivity contribution >= 4 is 12.0 Å². The smallest absolute Gasteiger partial charge is 0.262 e. The Balaban J connectivity index is 2.07. The van der Waals surface area contributed by atoms with E-state index in [4.69, 9.17) is 9.47 Å². The molecule has 5 nitrogen and oxygen atoms in total. The molecule has 2 rings (SSSR count). The third-order valence-electron chi connectivity index (χ3n) is 4.77. The van der Waals surface area contributed by atoms with E-state index in [1.807, 2.05) is 55.5 Å². The van der Waals surface area contributed by atoms with Gasteiger partial charge in [0.1, 0.15) is 11.6 Å². The number of benzene rings is 2. The van der Waals surface area contributed by atoms with Gasteiger partial charge < -0.3 is 14.8 Å². The van der Waals surface area contributed by atoms with E-state index in [-0.39, 0.29) is 11.6 Å². The SMILES string of the molecule is CCCCCCOc1ccc(/C=C(\C#N)C(=O)NC(C)c2ccccc2)cc1OC. The molecule has 5 heteroatoms. The van der Waals surface area contributed by atoms with Crippen molar-refractivity contribution in [3.05, 3.63) is 65.2 Å². The number of nitriles is 1. The molecule has 0 fully saturated rings. The van der Waals surface area contributed by atoms with Crippen molar-refractivity contribution in [2.75, 3.05) is 13.7 Å². The Labute approximate surface area is 179 Å². The summed E-state index contributed by atoms with van der Waals surface area (Å²) in [6.07, 6.45) is 6.08. The summed E-state index contributed by atoms with van der Waals surface area (Å²) in [5, 5.41) is 12.3. The number of nitrogens with zero attached hydrogens (tertiary/aromatic N) is 1. The first kappa shape index (κ1) is 23.0. The Hall–Kier alpha value is -3.26. The van der Waals surface area contributed by atoms with E-state index in [1.54, 1.807) is 19.3 Å². The predicted molar refractivity (Wildman–Crippen MR) is 119 cm³/mol. The standard InChI is InChI=1S/C25H30N2O3/c1-4-5-6-10-15-30-23-14-13-20(17-24(23)29-3)16-22(18-26)25(28)27-19(2)21-11-8-7-9-12-21/h7-9,11-14,16-17,19H,4-6,10,15H2,1-3H3,(H,27,28)/b22-16+. The molecule has 0 aliphatic carbocycles. The van der Waals surface area contributed by atoms with Crippen molar-refractivity contribution in [2.24, 2.45) is 0 Å². The number of carbonyl (C=O) groups is 1. The summed E-state index contributed by atoms with van der Waals surface area (Å²) in [6.45, 7) is 4.70. The van der Waals surface area contributed by atoms with E-state index in [0.29, 0.717) is 23.7 Å². The third-order valence-corrected chi connectivity index (χ3v) is 4.77. The van der Waals surface area contributed by atoms with E-state index in [1.165, 1.54) is 12.8 Å². The van der Waals surface area contributed by atoms with Gasteiger partial charge in [0, 0.05) is 0 Å². The molecule has 30 heavy (non-hydrogen) atoms. The first-order valence-corrected chi connectivity index (χ1v) is 10.4. The summed E-state index contributed by atoms with van der Waals surface area (Å²) >= 11 is 0. The molecule has 2 aromatic rings. The van der Waals surface area contributed by atoms with Gasteiger partial charge in [-0.1, -0.05) is 62.6 Å². The molecule has 1 amide bonds. The van der Waals surface area contributed by atoms with Crippen molar-refractivity contribution in [3.63, 3.8) is 0 Å². The normalized spacial score (nSPS) is 12.0. The topological polar surface area (TPSA) is 71.3 Å². The van der Waals surface area contributed by atoms with Crippen LogP contribution in [0.5, 0.6) is 11.5 Å². The highest BCUT2D eigenvalue weighted by atomic mass is 16.5. The first-order chi connectivity index (χ1) is 14.6. The summed E-state index contributed by atoms with van der Waals surface area (Å²) in [5.74, 6) is 0.825. The van der Waals surface area contributed by atoms with Gasteiger partial charge in [-0.3, -0.25) is 4.79 Å². The number of methoxy groups -OCH3 is 1. The zero-order valence-corrected chi connectivity index (χ0v) is 18.0. The maximum absolute atomic E-state index is 12.6. The van der Waals surface area contributed by atoms with Gasteiger partial charge >= 0.3 is 0 Å². The quantitative estimate of drug-likeness (QED) is 0.306. The average molecular weight is 407 g/mol. The van der Waals surface area contributed by atoms with Crippen LogP contribution in [0.2, 0.25) is 0 Å². The second kappa shape index (κ2) is 12.3. The van der Waals surface area contributed by atoms with E-state index in [0.717, 1.165) is 18.4 Å². The average Bonchev–Trinajstić information content (AvgIpc) is 2.78. The van der Waals surface area contributed by atoms with E-state index in [9.17, 15) is 10.1 Å². The van der Waals surface area contributed by atoms with Crippen LogP contribution in [0.15, 0.2) is 54.1 Å². The molecule has 0 bridgehead atoms. The van der Waals surface area contributed by atoms with Crippen LogP contribution in [0.3, 0.4) is 0 Å². The third kappa shape index (κ3) is 6.97. The van der Waals surface area contributed by atoms with Gasteiger partial charge in [0.15, 0.2) is 11.5 Å². The van der Waals surface area contributed by atoms with Crippen LogP contribution in [-0.2, 0) is 4.79 Å². The Morgan fingerprint density at radius 2 is 1.90 bits per heavy atom. The molecule has 0 aromatic heterocycles. The largest absolute Gasteiger partial charge is 0.493 e. The van der Waals surface area contributed by atoms with Gasteiger partial charge in [-0.05, 0) is 42.7 Å². The second-order valence-corrected chi connectivity index (χ2v) is 7.10. The van der Waals surface area contributed by atoms with Crippen molar-refractivity contribution in [3.8, 4) is 17.6 Å². The fourth-order valence-electron chi connectivity index (χ4n) is 3.02. The summed E-state index contributed by atoms with van der Waals surface area (Å²) in [5.41, 5.74) is 1.71. The molecule has 0 saturated carbocycles. The second-order valence-electron chi connectivity index (χ2n) is 7.10. The molecule has 0 spiro atoms. The van der Waals surface area contributed by atoms with Crippen molar-refractivity contribution in [1.82, 2.24) is 5.32 Å². The summed E-state index contributed by atoms with van der Waals surface area (Å²) in [7, 11) is 1.58. The van der Waals surface area contributed by atoms with E-state index < -0.39 is 5.91 Å². The lowest BCUT2D eigenvalue weighted by Gasteiger charge is -2.14. The summed E-state index contributed by atoms with van der Waals surface area (Å²) in [4.78, 5) is 12.6. The van der Waals surface area contributed by atoms with E-state index in [2.05, 4.69) is 12.2 Å². The first-order valence-electron chi connectivity index (χ1n) is 10.4. The lowest BCUT2D eigenvalue weighted by Crippen LogP contribution is -2.27. The zero-order valence-electron chi connectivity index (χ0n) is 18.0. The van der Waals surface area contributed by atoms with Crippen LogP contribution in [0.1, 0.15) is 56.7 Å². The van der Waals surface area contributed by atoms with Crippen LogP contribution in [0, 0.1) is 11.3 Å². The van der Waals surface area contributed by atoms with Gasteiger partial charge in [0.2, 0.25) is 0 Å². The predicted octanol–water partition coefficient (Wildman–Crippen LogP) is 5.44. The number of rotatable bonds is 11. The molecule has 1 N–H and O–H groups in total. The maximum atomic E-state index is 12.6. The molecule has 0 aliphatic heterocycles. The molecule has 0 radical (unpaired) electrons. The highest BCUT2D eigenvalue weighted by Crippen LogP contribution is 2.29. The Bertz CT molecular complexity index is 885. The van der Waals surface area contributed by atoms with Gasteiger partial charge in [-0.25, -0.2) is 0 Å². The number of ether oxygens (including phenoxy) is 2. The highest BCUT2D eigenvalue weighted by molar-refractivity contribution is 6.01. The number of hydrogen-bond acceptors (Lipinski definition) is 4. The summed E-state index contributed by atoms with van der Waals surface area (Å²) in [6, 6.07) is 16.8. The Kier molecular flexibility index (Phi) is 9.47. The monoisotopic (exact) mass is 406 g/mol. The van der Waals surface area contributed by atoms with Gasteiger partial charge in [-0.15, -0.1) is 0 Å². The van der Waals surface area contributed by atoms with Gasteiger partial charge in [0.25, 0.3) is 5.91 Å². The van der Waals surface area contributed by atoms with Crippen LogP contribution in [0.25, 0.3) is 6.08 Å². The van der Waals surface area contributed by atoms with Crippen LogP contribution in [0.4, 0.5) is 0 Å². The molecule has 1 atom stereocenters. The number of unbranched alkanes of at least 4 members (excludes halogenated alkanes) is 3. The fourth-order valence-corrected chi connectivity index (χ4v) is 3.02. The lowest BCUT2D eigenvalue weighted by atomic mass is 10.1. The van der Waals surface area contributed by atoms with E-state index >= 15 is 0 Å². The van der Waals surface area contributed by atoms with Crippen molar-refractivity contribution in [1.29, 1.82) is 5.26 Å². The number of amides is 1. The molecule has 0 saturated heterocycles. The van der Waals surface area contributed by atoms with Crippen LogP contribution in [-0.4, -0.2) is 19.6 Å². The summed E-state index contributed by atoms with van der Waals surface area (Å²) < 4.78 is 11.2. The molecule has 0 heterocycles. The van der Waals surface area contributed by atoms with Crippen LogP contribution >= 0.6 is 0 Å². The molecular formula is C25H30N2O3. The molecule has 2 aromatic carbocycles. The van der Waals surface area contributed by atoms with Crippen LogP contribution < -0.4 is 14.8 Å². The molecule has 1 unspecified atom stereocenters. The molecule has 0 aliphatic rings. The molecular weight excluding hydrogens is 376 g/mol. The van der Waals surface area contributed by atoms with Crippen molar-refractivity contribution in [2.45, 2.75) is 45.6 Å². The van der Waals surface area contributed by atoms with Gasteiger partial charge in [-0.2, -0.15) is 5.26 Å². The highest BCUT2D eigenvalue weighted by Gasteiger charge is 2.14. The number of nitrogens with one attached hydrogen (secondary N) is 1. The minimum absolute atomic E-state index is 0.0352.